The van der Waals surface area contributed by atoms with Gasteiger partial charge in [0.2, 0.25) is 11.0 Å². The molecule has 32 heavy (non-hydrogen) atoms. The minimum atomic E-state index is -1.56. The summed E-state index contributed by atoms with van der Waals surface area (Å²) in [4.78, 5) is 9.42. The maximum atomic E-state index is 13.1. The first-order chi connectivity index (χ1) is 15.7. The second-order valence-corrected chi connectivity index (χ2v) is 8.64. The summed E-state index contributed by atoms with van der Waals surface area (Å²) in [6.07, 6.45) is 3.90. The van der Waals surface area contributed by atoms with Gasteiger partial charge in [0.1, 0.15) is 33.7 Å². The zero-order chi connectivity index (χ0) is 22.3. The number of aromatic nitrogens is 2. The van der Waals surface area contributed by atoms with Gasteiger partial charge in [-0.15, -0.1) is 0 Å². The summed E-state index contributed by atoms with van der Waals surface area (Å²) >= 11 is 0. The Morgan fingerprint density at radius 2 is 1.69 bits per heavy atom. The van der Waals surface area contributed by atoms with Gasteiger partial charge in [0, 0.05) is 17.5 Å². The van der Waals surface area contributed by atoms with E-state index >= 15 is 0 Å². The molecule has 8 nitrogen and oxygen atoms in total. The molecule has 1 aliphatic heterocycles. The molecule has 1 fully saturated rings. The summed E-state index contributed by atoms with van der Waals surface area (Å²) in [7, 11) is 1.64. The van der Waals surface area contributed by atoms with Crippen molar-refractivity contribution >= 4 is 16.5 Å². The van der Waals surface area contributed by atoms with Crippen molar-refractivity contribution in [3.05, 3.63) is 54.7 Å². The average Bonchev–Trinajstić information content (AvgIpc) is 3.37. The highest BCUT2D eigenvalue weighted by atomic mass is 32.2. The Bertz CT molecular complexity index is 1050. The number of nitrogens with one attached hydrogen (secondary N) is 2. The standard InChI is InChI=1S/C23H26N4O4S/c1-29-17-5-7-19(8-6-17)31-22-21(25-14-16-4-3-13-24-16)15-26-23(27-22)32(28)20-11-9-18(30-2)10-12-20/h5-12,15-16,24-25H,3-4,13-14H2,1-2H3. The van der Waals surface area contributed by atoms with Crippen molar-refractivity contribution in [1.82, 2.24) is 15.3 Å². The highest BCUT2D eigenvalue weighted by Crippen LogP contribution is 2.30. The molecule has 1 saturated heterocycles. The minimum absolute atomic E-state index is 0.170. The van der Waals surface area contributed by atoms with E-state index < -0.39 is 10.8 Å². The largest absolute Gasteiger partial charge is 0.497 e. The van der Waals surface area contributed by atoms with E-state index in [0.29, 0.717) is 34.0 Å². The van der Waals surface area contributed by atoms with Gasteiger partial charge in [0.25, 0.3) is 0 Å². The number of benzene rings is 2. The van der Waals surface area contributed by atoms with E-state index in [9.17, 15) is 4.21 Å². The van der Waals surface area contributed by atoms with Crippen molar-refractivity contribution < 1.29 is 18.4 Å². The molecule has 0 aliphatic carbocycles. The molecule has 4 rings (SSSR count). The van der Waals surface area contributed by atoms with Crippen LogP contribution >= 0.6 is 0 Å². The normalized spacial score (nSPS) is 16.4. The molecule has 9 heteroatoms. The lowest BCUT2D eigenvalue weighted by atomic mass is 10.2. The van der Waals surface area contributed by atoms with E-state index in [1.165, 1.54) is 0 Å². The van der Waals surface area contributed by atoms with Crippen molar-refractivity contribution in [3.63, 3.8) is 0 Å². The molecule has 2 aromatic carbocycles. The summed E-state index contributed by atoms with van der Waals surface area (Å²) in [5.41, 5.74) is 0.644. The van der Waals surface area contributed by atoms with E-state index in [1.54, 1.807) is 56.8 Å². The smallest absolute Gasteiger partial charge is 0.247 e. The molecule has 0 saturated carbocycles. The van der Waals surface area contributed by atoms with Crippen LogP contribution in [0.2, 0.25) is 0 Å². The fraction of sp³-hybridized carbons (Fsp3) is 0.304. The Morgan fingerprint density at radius 3 is 2.31 bits per heavy atom. The monoisotopic (exact) mass is 454 g/mol. The summed E-state index contributed by atoms with van der Waals surface area (Å²) < 4.78 is 29.5. The predicted octanol–water partition coefficient (Wildman–Crippen LogP) is 3.62. The van der Waals surface area contributed by atoms with E-state index in [-0.39, 0.29) is 5.16 Å². The first kappa shape index (κ1) is 22.0. The number of methoxy groups -OCH3 is 2. The fourth-order valence-corrected chi connectivity index (χ4v) is 4.27. The number of hydrogen-bond donors (Lipinski definition) is 2. The lowest BCUT2D eigenvalue weighted by molar-refractivity contribution is 0.412. The highest BCUT2D eigenvalue weighted by Gasteiger charge is 2.18. The summed E-state index contributed by atoms with van der Waals surface area (Å²) in [6.45, 7) is 1.75. The van der Waals surface area contributed by atoms with Crippen LogP contribution in [0.3, 0.4) is 0 Å². The Hall–Kier alpha value is -3.17. The molecule has 1 aromatic heterocycles. The number of rotatable bonds is 9. The number of ether oxygens (including phenoxy) is 3. The van der Waals surface area contributed by atoms with E-state index in [0.717, 1.165) is 31.7 Å². The van der Waals surface area contributed by atoms with Crippen LogP contribution in [-0.4, -0.2) is 47.5 Å². The lowest BCUT2D eigenvalue weighted by Gasteiger charge is -2.16. The van der Waals surface area contributed by atoms with Crippen LogP contribution in [0.15, 0.2) is 64.8 Å². The molecule has 0 radical (unpaired) electrons. The lowest BCUT2D eigenvalue weighted by Crippen LogP contribution is -2.29. The molecule has 1 aliphatic rings. The predicted molar refractivity (Wildman–Crippen MR) is 122 cm³/mol. The molecule has 0 spiro atoms. The van der Waals surface area contributed by atoms with Gasteiger partial charge in [-0.1, -0.05) is 0 Å². The summed E-state index contributed by atoms with van der Waals surface area (Å²) in [5, 5.41) is 6.99. The Morgan fingerprint density at radius 1 is 1.03 bits per heavy atom. The quantitative estimate of drug-likeness (QED) is 0.474. The van der Waals surface area contributed by atoms with Crippen molar-refractivity contribution in [3.8, 4) is 23.1 Å². The molecular formula is C23H26N4O4S. The van der Waals surface area contributed by atoms with Crippen LogP contribution in [0.1, 0.15) is 12.8 Å². The molecule has 3 aromatic rings. The zero-order valence-corrected chi connectivity index (χ0v) is 18.9. The van der Waals surface area contributed by atoms with Gasteiger partial charge in [-0.2, -0.15) is 4.98 Å². The second kappa shape index (κ2) is 10.4. The van der Waals surface area contributed by atoms with Crippen LogP contribution in [0.25, 0.3) is 0 Å². The van der Waals surface area contributed by atoms with Gasteiger partial charge >= 0.3 is 0 Å². The minimum Gasteiger partial charge on any atom is -0.497 e. The average molecular weight is 455 g/mol. The zero-order valence-electron chi connectivity index (χ0n) is 18.0. The van der Waals surface area contributed by atoms with Crippen LogP contribution in [0, 0.1) is 0 Å². The third kappa shape index (κ3) is 5.35. The van der Waals surface area contributed by atoms with Gasteiger partial charge in [0.15, 0.2) is 0 Å². The molecule has 2 unspecified atom stereocenters. The molecule has 168 valence electrons. The number of hydrogen-bond acceptors (Lipinski definition) is 8. The first-order valence-corrected chi connectivity index (χ1v) is 11.5. The van der Waals surface area contributed by atoms with E-state index in [1.807, 2.05) is 12.1 Å². The van der Waals surface area contributed by atoms with Crippen LogP contribution in [0.4, 0.5) is 5.69 Å². The summed E-state index contributed by atoms with van der Waals surface area (Å²) in [5.74, 6) is 2.33. The van der Waals surface area contributed by atoms with Gasteiger partial charge in [-0.3, -0.25) is 0 Å². The van der Waals surface area contributed by atoms with Crippen molar-refractivity contribution in [1.29, 1.82) is 0 Å². The molecule has 2 atom stereocenters. The summed E-state index contributed by atoms with van der Waals surface area (Å²) in [6, 6.07) is 14.6. The van der Waals surface area contributed by atoms with E-state index in [2.05, 4.69) is 20.6 Å². The Labute approximate surface area is 189 Å². The Balaban J connectivity index is 1.59. The van der Waals surface area contributed by atoms with Gasteiger partial charge in [0.05, 0.1) is 20.4 Å². The third-order valence-corrected chi connectivity index (χ3v) is 6.37. The number of anilines is 1. The van der Waals surface area contributed by atoms with Crippen molar-refractivity contribution in [2.45, 2.75) is 28.9 Å². The van der Waals surface area contributed by atoms with Crippen LogP contribution < -0.4 is 24.8 Å². The first-order valence-electron chi connectivity index (χ1n) is 10.4. The van der Waals surface area contributed by atoms with E-state index in [4.69, 9.17) is 14.2 Å². The Kier molecular flexibility index (Phi) is 7.18. The third-order valence-electron chi connectivity index (χ3n) is 5.15. The highest BCUT2D eigenvalue weighted by molar-refractivity contribution is 7.84. The number of nitrogens with zero attached hydrogens (tertiary/aromatic N) is 2. The SMILES string of the molecule is COc1ccc(Oc2nc(S(=O)c3ccc(OC)cc3)ncc2NCC2CCCN2)cc1. The van der Waals surface area contributed by atoms with Crippen molar-refractivity contribution in [2.24, 2.45) is 0 Å². The van der Waals surface area contributed by atoms with Gasteiger partial charge in [-0.05, 0) is 67.9 Å². The topological polar surface area (TPSA) is 94.6 Å². The maximum Gasteiger partial charge on any atom is 0.247 e. The van der Waals surface area contributed by atoms with Crippen LogP contribution in [0.5, 0.6) is 23.1 Å². The molecule has 0 bridgehead atoms. The van der Waals surface area contributed by atoms with Gasteiger partial charge in [-0.25, -0.2) is 9.19 Å². The van der Waals surface area contributed by atoms with Crippen LogP contribution in [-0.2, 0) is 10.8 Å². The van der Waals surface area contributed by atoms with Crippen molar-refractivity contribution in [2.75, 3.05) is 32.6 Å². The molecular weight excluding hydrogens is 428 g/mol. The maximum absolute atomic E-state index is 13.1. The molecule has 2 N–H and O–H groups in total. The fourth-order valence-electron chi connectivity index (χ4n) is 3.36. The van der Waals surface area contributed by atoms with Gasteiger partial charge < -0.3 is 24.8 Å². The molecule has 2 heterocycles. The second-order valence-electron chi connectivity index (χ2n) is 7.27. The molecule has 0 amide bonds.